The summed E-state index contributed by atoms with van der Waals surface area (Å²) in [5, 5.41) is 6.83. The Bertz CT molecular complexity index is 895. The molecule has 152 valence electrons. The molecule has 0 aliphatic heterocycles. The average Bonchev–Trinajstić information content (AvgIpc) is 3.24. The van der Waals surface area contributed by atoms with Crippen molar-refractivity contribution in [2.75, 3.05) is 13.6 Å². The molecule has 1 heterocycles. The van der Waals surface area contributed by atoms with Crippen molar-refractivity contribution in [3.8, 4) is 11.1 Å². The number of nitrogens with one attached hydrogen (secondary N) is 2. The first kappa shape index (κ1) is 20.6. The summed E-state index contributed by atoms with van der Waals surface area (Å²) in [7, 11) is 1.82. The number of hydrogen-bond acceptors (Lipinski definition) is 2. The van der Waals surface area contributed by atoms with Gasteiger partial charge in [0.1, 0.15) is 0 Å². The third kappa shape index (κ3) is 6.21. The summed E-state index contributed by atoms with van der Waals surface area (Å²) < 4.78 is 2.07. The van der Waals surface area contributed by atoms with E-state index in [4.69, 9.17) is 0 Å². The summed E-state index contributed by atoms with van der Waals surface area (Å²) in [6.07, 6.45) is 6.76. The largest absolute Gasteiger partial charge is 0.356 e. The van der Waals surface area contributed by atoms with Gasteiger partial charge in [-0.2, -0.15) is 0 Å². The molecule has 3 aromatic rings. The van der Waals surface area contributed by atoms with Gasteiger partial charge in [-0.3, -0.25) is 4.99 Å². The van der Waals surface area contributed by atoms with Crippen LogP contribution in [0.3, 0.4) is 0 Å². The second kappa shape index (κ2) is 10.5. The molecular weight excluding hydrogens is 358 g/mol. The monoisotopic (exact) mass is 389 g/mol. The van der Waals surface area contributed by atoms with Crippen molar-refractivity contribution in [3.05, 3.63) is 78.4 Å². The first-order valence-electron chi connectivity index (χ1n) is 10.2. The summed E-state index contributed by atoms with van der Waals surface area (Å²) in [5.41, 5.74) is 4.98. The molecular formula is C24H31N5. The second-order valence-electron chi connectivity index (χ2n) is 7.62. The highest BCUT2D eigenvalue weighted by Crippen LogP contribution is 2.24. The van der Waals surface area contributed by atoms with E-state index in [0.717, 1.165) is 32.0 Å². The standard InChI is InChI=1S/C24H31N5/c1-19(2)12-13-27-24(25-3)28-16-22-6-4-5-7-23(22)21-10-8-20(9-11-21)17-29-15-14-26-18-29/h4-11,14-15,18-19H,12-13,16-17H2,1-3H3,(H2,25,27,28). The predicted octanol–water partition coefficient (Wildman–Crippen LogP) is 4.31. The molecule has 0 unspecified atom stereocenters. The van der Waals surface area contributed by atoms with Crippen molar-refractivity contribution in [1.29, 1.82) is 0 Å². The Morgan fingerprint density at radius 1 is 1.07 bits per heavy atom. The highest BCUT2D eigenvalue weighted by molar-refractivity contribution is 5.80. The minimum atomic E-state index is 0.679. The number of aliphatic imine (C=N–C) groups is 1. The molecule has 2 aromatic carbocycles. The van der Waals surface area contributed by atoms with E-state index in [1.165, 1.54) is 22.3 Å². The van der Waals surface area contributed by atoms with E-state index < -0.39 is 0 Å². The van der Waals surface area contributed by atoms with Gasteiger partial charge in [0.05, 0.1) is 6.33 Å². The van der Waals surface area contributed by atoms with Crippen LogP contribution < -0.4 is 10.6 Å². The maximum Gasteiger partial charge on any atom is 0.191 e. The Morgan fingerprint density at radius 3 is 2.55 bits per heavy atom. The Morgan fingerprint density at radius 2 is 1.86 bits per heavy atom. The number of guanidine groups is 1. The second-order valence-corrected chi connectivity index (χ2v) is 7.62. The van der Waals surface area contributed by atoms with Gasteiger partial charge in [0.15, 0.2) is 5.96 Å². The van der Waals surface area contributed by atoms with Gasteiger partial charge in [-0.05, 0) is 34.6 Å². The lowest BCUT2D eigenvalue weighted by atomic mass is 9.98. The smallest absolute Gasteiger partial charge is 0.191 e. The maximum absolute atomic E-state index is 4.34. The zero-order valence-electron chi connectivity index (χ0n) is 17.6. The van der Waals surface area contributed by atoms with Gasteiger partial charge >= 0.3 is 0 Å². The van der Waals surface area contributed by atoms with E-state index in [9.17, 15) is 0 Å². The molecule has 5 nitrogen and oxygen atoms in total. The number of imidazole rings is 1. The molecule has 5 heteroatoms. The molecule has 0 amide bonds. The summed E-state index contributed by atoms with van der Waals surface area (Å²) in [4.78, 5) is 8.44. The first-order chi connectivity index (χ1) is 14.2. The van der Waals surface area contributed by atoms with Crippen LogP contribution in [-0.4, -0.2) is 29.1 Å². The molecule has 29 heavy (non-hydrogen) atoms. The molecule has 0 atom stereocenters. The van der Waals surface area contributed by atoms with Crippen LogP contribution in [0.4, 0.5) is 0 Å². The maximum atomic E-state index is 4.34. The van der Waals surface area contributed by atoms with E-state index in [0.29, 0.717) is 5.92 Å². The molecule has 0 saturated heterocycles. The Balaban J connectivity index is 1.65. The van der Waals surface area contributed by atoms with Crippen molar-refractivity contribution in [1.82, 2.24) is 20.2 Å². The van der Waals surface area contributed by atoms with Gasteiger partial charge in [-0.1, -0.05) is 62.4 Å². The fraction of sp³-hybridized carbons (Fsp3) is 0.333. The van der Waals surface area contributed by atoms with Gasteiger partial charge in [-0.15, -0.1) is 0 Å². The number of benzene rings is 2. The lowest BCUT2D eigenvalue weighted by molar-refractivity contribution is 0.573. The van der Waals surface area contributed by atoms with E-state index >= 15 is 0 Å². The quantitative estimate of drug-likeness (QED) is 0.446. The Labute approximate surface area is 173 Å². The zero-order valence-corrected chi connectivity index (χ0v) is 17.6. The van der Waals surface area contributed by atoms with Crippen molar-refractivity contribution < 1.29 is 0 Å². The third-order valence-electron chi connectivity index (χ3n) is 4.89. The fourth-order valence-corrected chi connectivity index (χ4v) is 3.22. The molecule has 0 bridgehead atoms. The molecule has 1 aromatic heterocycles. The zero-order chi connectivity index (χ0) is 20.5. The number of nitrogens with zero attached hydrogens (tertiary/aromatic N) is 3. The SMILES string of the molecule is CN=C(NCCC(C)C)NCc1ccccc1-c1ccc(Cn2ccnc2)cc1. The van der Waals surface area contributed by atoms with Crippen LogP contribution in [0.2, 0.25) is 0 Å². The van der Waals surface area contributed by atoms with Crippen molar-refractivity contribution in [2.45, 2.75) is 33.4 Å². The summed E-state index contributed by atoms with van der Waals surface area (Å²) in [6.45, 7) is 6.96. The Hall–Kier alpha value is -3.08. The fourth-order valence-electron chi connectivity index (χ4n) is 3.22. The lowest BCUT2D eigenvalue weighted by Gasteiger charge is -2.15. The van der Waals surface area contributed by atoms with Crippen molar-refractivity contribution >= 4 is 5.96 Å². The van der Waals surface area contributed by atoms with Crippen LogP contribution >= 0.6 is 0 Å². The summed E-state index contributed by atoms with van der Waals surface area (Å²) >= 11 is 0. The predicted molar refractivity (Wildman–Crippen MR) is 121 cm³/mol. The molecule has 0 fully saturated rings. The highest BCUT2D eigenvalue weighted by Gasteiger charge is 2.06. The van der Waals surface area contributed by atoms with Gasteiger partial charge in [0.2, 0.25) is 0 Å². The molecule has 0 saturated carbocycles. The molecule has 0 spiro atoms. The lowest BCUT2D eigenvalue weighted by Crippen LogP contribution is -2.37. The Kier molecular flexibility index (Phi) is 7.45. The highest BCUT2D eigenvalue weighted by atomic mass is 15.2. The van der Waals surface area contributed by atoms with Gasteiger partial charge in [-0.25, -0.2) is 4.98 Å². The van der Waals surface area contributed by atoms with Crippen LogP contribution in [0.15, 0.2) is 72.2 Å². The summed E-state index contributed by atoms with van der Waals surface area (Å²) in [6, 6.07) is 17.3. The van der Waals surface area contributed by atoms with E-state index in [-0.39, 0.29) is 0 Å². The van der Waals surface area contributed by atoms with Crippen LogP contribution in [-0.2, 0) is 13.1 Å². The molecule has 0 radical (unpaired) electrons. The normalized spacial score (nSPS) is 11.7. The van der Waals surface area contributed by atoms with Gasteiger partial charge in [0.25, 0.3) is 0 Å². The summed E-state index contributed by atoms with van der Waals surface area (Å²) in [5.74, 6) is 1.52. The molecule has 0 aliphatic carbocycles. The number of aromatic nitrogens is 2. The van der Waals surface area contributed by atoms with Crippen LogP contribution in [0.25, 0.3) is 11.1 Å². The van der Waals surface area contributed by atoms with Gasteiger partial charge < -0.3 is 15.2 Å². The number of hydrogen-bond donors (Lipinski definition) is 2. The minimum Gasteiger partial charge on any atom is -0.356 e. The number of rotatable bonds is 8. The van der Waals surface area contributed by atoms with E-state index in [1.807, 2.05) is 25.8 Å². The molecule has 0 aliphatic rings. The first-order valence-corrected chi connectivity index (χ1v) is 10.2. The minimum absolute atomic E-state index is 0.679. The van der Waals surface area contributed by atoms with Crippen LogP contribution in [0.1, 0.15) is 31.4 Å². The van der Waals surface area contributed by atoms with Gasteiger partial charge in [0, 0.05) is 39.1 Å². The van der Waals surface area contributed by atoms with Crippen molar-refractivity contribution in [2.24, 2.45) is 10.9 Å². The third-order valence-corrected chi connectivity index (χ3v) is 4.89. The van der Waals surface area contributed by atoms with Crippen LogP contribution in [0.5, 0.6) is 0 Å². The van der Waals surface area contributed by atoms with E-state index in [2.05, 4.69) is 87.6 Å². The topological polar surface area (TPSA) is 54.2 Å². The molecule has 2 N–H and O–H groups in total. The van der Waals surface area contributed by atoms with Crippen molar-refractivity contribution in [3.63, 3.8) is 0 Å². The van der Waals surface area contributed by atoms with Crippen LogP contribution in [0, 0.1) is 5.92 Å². The van der Waals surface area contributed by atoms with E-state index in [1.54, 1.807) is 0 Å². The average molecular weight is 390 g/mol. The molecule has 3 rings (SSSR count).